The van der Waals surface area contributed by atoms with Gasteiger partial charge in [-0.25, -0.2) is 4.98 Å². The zero-order valence-electron chi connectivity index (χ0n) is 15.7. The van der Waals surface area contributed by atoms with Gasteiger partial charge in [0.1, 0.15) is 5.52 Å². The maximum absolute atomic E-state index is 11.0. The number of fused-ring (bicyclic) bond motifs is 1. The molecule has 1 atom stereocenters. The van der Waals surface area contributed by atoms with E-state index in [2.05, 4.69) is 81.5 Å². The number of hydrogen-bond donors (Lipinski definition) is 1. The van der Waals surface area contributed by atoms with Gasteiger partial charge in [-0.05, 0) is 35.4 Å². The van der Waals surface area contributed by atoms with Crippen molar-refractivity contribution in [2.45, 2.75) is 19.9 Å². The van der Waals surface area contributed by atoms with Gasteiger partial charge in [0.15, 0.2) is 12.1 Å². The Hall–Kier alpha value is -2.79. The second kappa shape index (κ2) is 7.32. The minimum Gasteiger partial charge on any atom is -0.361 e. The molecule has 4 nitrogen and oxygen atoms in total. The highest BCUT2D eigenvalue weighted by molar-refractivity contribution is 9.10. The Morgan fingerprint density at radius 2 is 2.04 bits per heavy atom. The van der Waals surface area contributed by atoms with Crippen molar-refractivity contribution in [3.05, 3.63) is 82.6 Å². The van der Waals surface area contributed by atoms with E-state index in [1.807, 2.05) is 18.2 Å². The number of halogens is 1. The van der Waals surface area contributed by atoms with E-state index in [0.717, 1.165) is 21.7 Å². The molecule has 0 spiro atoms. The van der Waals surface area contributed by atoms with Crippen molar-refractivity contribution < 1.29 is 4.79 Å². The number of carbonyl (C=O) groups is 1. The fourth-order valence-electron chi connectivity index (χ4n) is 3.63. The van der Waals surface area contributed by atoms with Crippen LogP contribution >= 0.6 is 15.9 Å². The Balaban J connectivity index is 1.69. The van der Waals surface area contributed by atoms with E-state index in [4.69, 9.17) is 0 Å². The first-order chi connectivity index (χ1) is 13.5. The summed E-state index contributed by atoms with van der Waals surface area (Å²) >= 11 is 3.57. The summed E-state index contributed by atoms with van der Waals surface area (Å²) in [4.78, 5) is 20.0. The number of aromatic nitrogens is 2. The molecule has 0 bridgehead atoms. The zero-order valence-corrected chi connectivity index (χ0v) is 17.3. The molecule has 0 saturated heterocycles. The highest BCUT2D eigenvalue weighted by atomic mass is 79.9. The zero-order chi connectivity index (χ0) is 19.7. The van der Waals surface area contributed by atoms with Crippen LogP contribution in [0.25, 0.3) is 16.5 Å². The van der Waals surface area contributed by atoms with E-state index in [-0.39, 0.29) is 11.5 Å². The molecule has 28 heavy (non-hydrogen) atoms. The molecule has 140 valence electrons. The molecule has 0 saturated carbocycles. The molecule has 0 fully saturated rings. The van der Waals surface area contributed by atoms with E-state index in [1.165, 1.54) is 11.1 Å². The fourth-order valence-corrected chi connectivity index (χ4v) is 4.03. The Kier molecular flexibility index (Phi) is 4.85. The Morgan fingerprint density at radius 1 is 1.18 bits per heavy atom. The van der Waals surface area contributed by atoms with Crippen LogP contribution in [-0.4, -0.2) is 22.3 Å². The molecule has 2 aromatic heterocycles. The second-order valence-corrected chi connectivity index (χ2v) is 8.35. The summed E-state index contributed by atoms with van der Waals surface area (Å²) < 4.78 is 1.06. The number of nitrogens with one attached hydrogen (secondary N) is 1. The highest BCUT2D eigenvalue weighted by Gasteiger charge is 2.34. The number of anilines is 1. The van der Waals surface area contributed by atoms with Crippen LogP contribution in [0, 0.1) is 5.41 Å². The van der Waals surface area contributed by atoms with Crippen LogP contribution in [0.15, 0.2) is 71.5 Å². The van der Waals surface area contributed by atoms with Crippen molar-refractivity contribution in [1.82, 2.24) is 9.97 Å². The molecule has 1 aromatic carbocycles. The number of nitrogens with zero attached hydrogens (tertiary/aromatic N) is 2. The molecule has 1 aliphatic carbocycles. The third-order valence-corrected chi connectivity index (χ3v) is 5.72. The van der Waals surface area contributed by atoms with Crippen molar-refractivity contribution in [1.29, 1.82) is 0 Å². The monoisotopic (exact) mass is 433 g/mol. The second-order valence-electron chi connectivity index (χ2n) is 7.44. The fraction of sp³-hybridized carbons (Fsp3) is 0.174. The number of rotatable bonds is 4. The van der Waals surface area contributed by atoms with Crippen LogP contribution < -0.4 is 5.32 Å². The summed E-state index contributed by atoms with van der Waals surface area (Å²) in [7, 11) is 0. The van der Waals surface area contributed by atoms with Crippen LogP contribution in [0.5, 0.6) is 0 Å². The van der Waals surface area contributed by atoms with Crippen molar-refractivity contribution in [2.75, 3.05) is 5.32 Å². The Labute approximate surface area is 172 Å². The minimum absolute atomic E-state index is 0.0390. The van der Waals surface area contributed by atoms with Gasteiger partial charge in [-0.15, -0.1) is 0 Å². The summed E-state index contributed by atoms with van der Waals surface area (Å²) in [5.41, 5.74) is 3.60. The topological polar surface area (TPSA) is 54.9 Å². The molecular formula is C23H20BrN3O. The molecule has 1 aliphatic rings. The molecule has 5 heteroatoms. The lowest BCUT2D eigenvalue weighted by Gasteiger charge is -2.38. The largest absolute Gasteiger partial charge is 0.361 e. The third-order valence-electron chi connectivity index (χ3n) is 5.22. The van der Waals surface area contributed by atoms with Crippen LogP contribution in [0.4, 0.5) is 5.82 Å². The standard InChI is InChI=1S/C23H20BrN3O/c1-23(2)19(16-5-3-6-18(24)12-16)7-4-8-20(23)27-22-21-17(9-10-25-22)11-15(14-28)13-26-21/h3-14,20H,1-2H3,(H,25,27). The Morgan fingerprint density at radius 3 is 2.82 bits per heavy atom. The van der Waals surface area contributed by atoms with Gasteiger partial charge < -0.3 is 5.32 Å². The van der Waals surface area contributed by atoms with E-state index in [1.54, 1.807) is 12.4 Å². The van der Waals surface area contributed by atoms with Crippen molar-refractivity contribution in [3.63, 3.8) is 0 Å². The molecule has 1 N–H and O–H groups in total. The van der Waals surface area contributed by atoms with E-state index in [9.17, 15) is 4.79 Å². The number of carbonyl (C=O) groups excluding carboxylic acids is 1. The molecule has 0 aliphatic heterocycles. The molecule has 3 aromatic rings. The van der Waals surface area contributed by atoms with Gasteiger partial charge in [-0.3, -0.25) is 9.78 Å². The molecule has 4 rings (SSSR count). The first-order valence-corrected chi connectivity index (χ1v) is 9.90. The number of hydrogen-bond acceptors (Lipinski definition) is 4. The van der Waals surface area contributed by atoms with Gasteiger partial charge in [0.2, 0.25) is 0 Å². The number of pyridine rings is 2. The number of aldehydes is 1. The van der Waals surface area contributed by atoms with Gasteiger partial charge in [0.25, 0.3) is 0 Å². The molecule has 0 amide bonds. The van der Waals surface area contributed by atoms with E-state index >= 15 is 0 Å². The number of benzene rings is 1. The smallest absolute Gasteiger partial charge is 0.153 e. The van der Waals surface area contributed by atoms with Crippen LogP contribution in [0.3, 0.4) is 0 Å². The predicted octanol–water partition coefficient (Wildman–Crippen LogP) is 5.66. The van der Waals surface area contributed by atoms with Crippen molar-refractivity contribution in [3.8, 4) is 0 Å². The summed E-state index contributed by atoms with van der Waals surface area (Å²) in [5, 5.41) is 4.46. The van der Waals surface area contributed by atoms with Crippen LogP contribution in [0.2, 0.25) is 0 Å². The third kappa shape index (κ3) is 3.38. The first-order valence-electron chi connectivity index (χ1n) is 9.10. The molecular weight excluding hydrogens is 414 g/mol. The summed E-state index contributed by atoms with van der Waals surface area (Å²) in [5.74, 6) is 0.716. The average Bonchev–Trinajstić information content (AvgIpc) is 2.69. The maximum atomic E-state index is 11.0. The summed E-state index contributed by atoms with van der Waals surface area (Å²) in [6.45, 7) is 4.45. The van der Waals surface area contributed by atoms with Gasteiger partial charge in [0, 0.05) is 33.2 Å². The van der Waals surface area contributed by atoms with Gasteiger partial charge in [-0.2, -0.15) is 0 Å². The lowest BCUT2D eigenvalue weighted by Crippen LogP contribution is -2.37. The van der Waals surface area contributed by atoms with E-state index < -0.39 is 0 Å². The Bertz CT molecular complexity index is 1120. The lowest BCUT2D eigenvalue weighted by molar-refractivity contribution is 0.112. The molecule has 1 unspecified atom stereocenters. The maximum Gasteiger partial charge on any atom is 0.153 e. The SMILES string of the molecule is CC1(C)C(c2cccc(Br)c2)=CC=CC1Nc1nccc2cc(C=O)cnc12. The van der Waals surface area contributed by atoms with Gasteiger partial charge in [-0.1, -0.05) is 60.1 Å². The predicted molar refractivity (Wildman–Crippen MR) is 117 cm³/mol. The van der Waals surface area contributed by atoms with Crippen LogP contribution in [0.1, 0.15) is 29.8 Å². The minimum atomic E-state index is -0.165. The van der Waals surface area contributed by atoms with Crippen molar-refractivity contribution in [2.24, 2.45) is 5.41 Å². The lowest BCUT2D eigenvalue weighted by atomic mass is 9.72. The number of allylic oxidation sites excluding steroid dienone is 2. The average molecular weight is 434 g/mol. The van der Waals surface area contributed by atoms with E-state index in [0.29, 0.717) is 11.4 Å². The normalized spacial score (nSPS) is 18.0. The van der Waals surface area contributed by atoms with Gasteiger partial charge >= 0.3 is 0 Å². The van der Waals surface area contributed by atoms with Gasteiger partial charge in [0.05, 0.1) is 6.04 Å². The quantitative estimate of drug-likeness (QED) is 0.538. The first kappa shape index (κ1) is 18.6. The summed E-state index contributed by atoms with van der Waals surface area (Å²) in [6.07, 6.45) is 10.5. The highest BCUT2D eigenvalue weighted by Crippen LogP contribution is 2.42. The summed E-state index contributed by atoms with van der Waals surface area (Å²) in [6, 6.07) is 12.1. The van der Waals surface area contributed by atoms with Crippen LogP contribution in [-0.2, 0) is 0 Å². The molecule has 0 radical (unpaired) electrons. The van der Waals surface area contributed by atoms with Crippen molar-refractivity contribution >= 4 is 44.5 Å². The molecule has 2 heterocycles.